The van der Waals surface area contributed by atoms with Crippen LogP contribution in [0.15, 0.2) is 34.8 Å². The second kappa shape index (κ2) is 18.5. The van der Waals surface area contributed by atoms with Gasteiger partial charge in [-0.3, -0.25) is 4.79 Å². The molecular weight excluding hydrogens is 657 g/mol. The number of unbranched alkanes of at least 4 members (excludes halogenated alkanes) is 3. The molecule has 0 unspecified atom stereocenters. The number of ether oxygens (including phenoxy) is 2. The van der Waals surface area contributed by atoms with Crippen LogP contribution in [-0.2, 0) is 18.7 Å². The van der Waals surface area contributed by atoms with Crippen molar-refractivity contribution in [3.63, 3.8) is 0 Å². The number of fused-ring (bicyclic) bond motifs is 5. The molecule has 0 aromatic rings. The molecule has 0 heterocycles. The Morgan fingerprint density at radius 3 is 2.08 bits per heavy atom. The Hall–Kier alpha value is -1.33. The van der Waals surface area contributed by atoms with Crippen LogP contribution in [0.3, 0.4) is 0 Å². The molecule has 5 aliphatic carbocycles. The number of hydrogen-bond acceptors (Lipinski definition) is 4. The first-order valence-corrected chi connectivity index (χ1v) is 25.1. The molecule has 296 valence electrons. The molecule has 0 amide bonds. The minimum absolute atomic E-state index is 0.0171. The topological polar surface area (TPSA) is 44.8 Å². The van der Waals surface area contributed by atoms with Crippen LogP contribution in [0, 0.1) is 40.4 Å². The highest BCUT2D eigenvalue weighted by molar-refractivity contribution is 6.73. The van der Waals surface area contributed by atoms with Gasteiger partial charge < -0.3 is 13.9 Å². The van der Waals surface area contributed by atoms with E-state index in [0.717, 1.165) is 50.0 Å². The van der Waals surface area contributed by atoms with Crippen molar-refractivity contribution < 1.29 is 18.7 Å². The lowest BCUT2D eigenvalue weighted by Crippen LogP contribution is -2.51. The van der Waals surface area contributed by atoms with E-state index in [0.29, 0.717) is 35.9 Å². The second-order valence-corrected chi connectivity index (χ2v) is 23.3. The van der Waals surface area contributed by atoms with E-state index in [9.17, 15) is 4.79 Å². The van der Waals surface area contributed by atoms with Crippen molar-refractivity contribution in [2.75, 3.05) is 0 Å². The molecule has 0 aliphatic heterocycles. The zero-order chi connectivity index (χ0) is 37.5. The molecule has 5 aliphatic rings. The third-order valence-corrected chi connectivity index (χ3v) is 19.5. The summed E-state index contributed by atoms with van der Waals surface area (Å²) in [4.78, 5) is 12.7. The summed E-state index contributed by atoms with van der Waals surface area (Å²) in [6.07, 6.45) is 29.0. The summed E-state index contributed by atoms with van der Waals surface area (Å²) in [6, 6.07) is 4.08. The van der Waals surface area contributed by atoms with Gasteiger partial charge in [-0.25, -0.2) is 0 Å². The molecule has 0 bridgehead atoms. The van der Waals surface area contributed by atoms with Gasteiger partial charge in [0.1, 0.15) is 5.76 Å². The van der Waals surface area contributed by atoms with Crippen LogP contribution in [0.2, 0.25) is 18.1 Å². The van der Waals surface area contributed by atoms with Gasteiger partial charge in [0.25, 0.3) is 0 Å². The van der Waals surface area contributed by atoms with Crippen molar-refractivity contribution in [2.24, 2.45) is 40.4 Å². The molecule has 52 heavy (non-hydrogen) atoms. The molecule has 0 saturated heterocycles. The Balaban J connectivity index is 1.38. The van der Waals surface area contributed by atoms with Gasteiger partial charge in [-0.05, 0) is 135 Å². The molecule has 0 spiro atoms. The van der Waals surface area contributed by atoms with Crippen LogP contribution in [-0.4, -0.2) is 26.5 Å². The Bertz CT molecular complexity index is 1250. The van der Waals surface area contributed by atoms with E-state index in [1.165, 1.54) is 107 Å². The normalized spacial score (nSPS) is 31.9. The summed E-state index contributed by atoms with van der Waals surface area (Å²) in [6.45, 7) is 20.8. The minimum atomic E-state index is -1.75. The van der Waals surface area contributed by atoms with Crippen LogP contribution < -0.4 is 0 Å². The Morgan fingerprint density at radius 2 is 1.48 bits per heavy atom. The summed E-state index contributed by atoms with van der Waals surface area (Å²) in [5, 5.41) is 0. The average Bonchev–Trinajstić information content (AvgIpc) is 3.41. The molecule has 7 atom stereocenters. The minimum Gasteiger partial charge on any atom is -0.494 e. The zero-order valence-electron chi connectivity index (χ0n) is 35.4. The maximum atomic E-state index is 12.7. The molecule has 5 heteroatoms. The fraction of sp³-hybridized carbons (Fsp3) is 0.851. The largest absolute Gasteiger partial charge is 0.494 e. The third-order valence-electron chi connectivity index (χ3n) is 14.9. The van der Waals surface area contributed by atoms with Crippen molar-refractivity contribution in [1.29, 1.82) is 0 Å². The molecule has 0 aromatic carbocycles. The van der Waals surface area contributed by atoms with E-state index < -0.39 is 8.32 Å². The Labute approximate surface area is 321 Å². The van der Waals surface area contributed by atoms with Crippen LogP contribution >= 0.6 is 0 Å². The lowest BCUT2D eigenvalue weighted by molar-refractivity contribution is -0.137. The second-order valence-electron chi connectivity index (χ2n) is 19.2. The van der Waals surface area contributed by atoms with Crippen molar-refractivity contribution in [3.8, 4) is 0 Å². The predicted octanol–water partition coefficient (Wildman–Crippen LogP) is 14.0. The standard InChI is InChI=1S/C47H80O4Si/c1-10-13-29-52(30-14-11-2,31-15-12-3)51-39-25-27-46(8)37(32-39)22-23-40-41(46)26-28-47(9)42(40)33-44(49-36(7)48)45(47)35(6)43(24-21-34(4)5)50-38-19-17-16-18-20-38/h22,24,34-35,38-42H,10-21,23,25-33H2,1-9H3/b43-24-/t35-,39+,40-,41+,42+,46+,47+/m1/s1. The van der Waals surface area contributed by atoms with E-state index in [1.54, 1.807) is 12.5 Å². The lowest BCUT2D eigenvalue weighted by atomic mass is 9.47. The van der Waals surface area contributed by atoms with E-state index in [4.69, 9.17) is 13.9 Å². The zero-order valence-corrected chi connectivity index (χ0v) is 36.4. The van der Waals surface area contributed by atoms with Crippen LogP contribution in [0.25, 0.3) is 0 Å². The van der Waals surface area contributed by atoms with Gasteiger partial charge in [-0.2, -0.15) is 0 Å². The van der Waals surface area contributed by atoms with Crippen molar-refractivity contribution in [1.82, 2.24) is 0 Å². The predicted molar refractivity (Wildman–Crippen MR) is 220 cm³/mol. The SMILES string of the molecule is CCCC[Si](CCCC)(CCCC)O[C@H]1CC[C@@]2(C)C(=CC[C@@H]3[C@@H]2CC[C@]2(C)C([C@H](C)/C(=C/CC(C)C)OC4CCCCC4)=C(OC(C)=O)C[C@@H]32)C1. The first-order valence-electron chi connectivity index (χ1n) is 22.6. The molecule has 5 rings (SSSR count). The quantitative estimate of drug-likeness (QED) is 0.0608. The van der Waals surface area contributed by atoms with E-state index in [1.807, 2.05) is 0 Å². The first-order chi connectivity index (χ1) is 24.9. The molecule has 0 radical (unpaired) electrons. The summed E-state index contributed by atoms with van der Waals surface area (Å²) in [5.41, 5.74) is 3.37. The Morgan fingerprint density at radius 1 is 0.846 bits per heavy atom. The average molecular weight is 737 g/mol. The highest BCUT2D eigenvalue weighted by Crippen LogP contribution is 2.67. The van der Waals surface area contributed by atoms with E-state index in [-0.39, 0.29) is 22.7 Å². The maximum absolute atomic E-state index is 12.7. The third kappa shape index (κ3) is 9.36. The van der Waals surface area contributed by atoms with Crippen molar-refractivity contribution in [2.45, 2.75) is 215 Å². The number of rotatable bonds is 18. The maximum Gasteiger partial charge on any atom is 0.307 e. The summed E-state index contributed by atoms with van der Waals surface area (Å²) >= 11 is 0. The molecule has 3 fully saturated rings. The number of carbonyl (C=O) groups is 1. The molecule has 0 N–H and O–H groups in total. The van der Waals surface area contributed by atoms with Gasteiger partial charge in [0.15, 0.2) is 8.32 Å². The molecular formula is C47H80O4Si. The van der Waals surface area contributed by atoms with Gasteiger partial charge >= 0.3 is 5.97 Å². The van der Waals surface area contributed by atoms with E-state index in [2.05, 4.69) is 67.5 Å². The van der Waals surface area contributed by atoms with Gasteiger partial charge in [0.2, 0.25) is 0 Å². The van der Waals surface area contributed by atoms with Gasteiger partial charge in [0.05, 0.1) is 11.9 Å². The molecule has 3 saturated carbocycles. The number of allylic oxidation sites excluding steroid dienone is 4. The number of esters is 1. The fourth-order valence-corrected chi connectivity index (χ4v) is 17.0. The van der Waals surface area contributed by atoms with Crippen LogP contribution in [0.1, 0.15) is 184 Å². The summed E-state index contributed by atoms with van der Waals surface area (Å²) < 4.78 is 20.7. The van der Waals surface area contributed by atoms with Crippen molar-refractivity contribution in [3.05, 3.63) is 34.8 Å². The van der Waals surface area contributed by atoms with Crippen LogP contribution in [0.5, 0.6) is 0 Å². The van der Waals surface area contributed by atoms with E-state index >= 15 is 0 Å². The summed E-state index contributed by atoms with van der Waals surface area (Å²) in [5.74, 6) is 4.45. The first kappa shape index (κ1) is 41.8. The Kier molecular flexibility index (Phi) is 14.9. The molecule has 4 nitrogen and oxygen atoms in total. The number of hydrogen-bond donors (Lipinski definition) is 0. The summed E-state index contributed by atoms with van der Waals surface area (Å²) in [7, 11) is -1.75. The smallest absolute Gasteiger partial charge is 0.307 e. The molecule has 0 aromatic heterocycles. The monoisotopic (exact) mass is 737 g/mol. The highest BCUT2D eigenvalue weighted by atomic mass is 28.4. The fourth-order valence-electron chi connectivity index (χ4n) is 12.0. The van der Waals surface area contributed by atoms with Gasteiger partial charge in [-0.15, -0.1) is 0 Å². The van der Waals surface area contributed by atoms with Crippen molar-refractivity contribution >= 4 is 14.3 Å². The van der Waals surface area contributed by atoms with Gasteiger partial charge in [-0.1, -0.05) is 112 Å². The lowest BCUT2D eigenvalue weighted by Gasteiger charge is -2.58. The van der Waals surface area contributed by atoms with Gasteiger partial charge in [0, 0.05) is 25.4 Å². The highest BCUT2D eigenvalue weighted by Gasteiger charge is 2.60. The number of carbonyl (C=O) groups excluding carboxylic acids is 1. The van der Waals surface area contributed by atoms with Crippen LogP contribution in [0.4, 0.5) is 0 Å².